The Labute approximate surface area is 103 Å². The van der Waals surface area contributed by atoms with Gasteiger partial charge in [0.2, 0.25) is 0 Å². The molecule has 0 N–H and O–H groups in total. The topological polar surface area (TPSA) is 43.4 Å². The van der Waals surface area contributed by atoms with Crippen LogP contribution >= 0.6 is 0 Å². The van der Waals surface area contributed by atoms with Gasteiger partial charge >= 0.3 is 11.9 Å². The van der Waals surface area contributed by atoms with Crippen LogP contribution in [-0.2, 0) is 14.3 Å². The second-order valence-corrected chi connectivity index (χ2v) is 3.26. The molecule has 0 fully saturated rings. The minimum atomic E-state index is -4.22. The van der Waals surface area contributed by atoms with Gasteiger partial charge in [-0.1, -0.05) is 19.2 Å². The highest BCUT2D eigenvalue weighted by molar-refractivity contribution is 5.97. The standard InChI is InChI=1S/C12H13F3O3/c1-5-9(10(13)7(3)8(4)16)12(14,15)11(17)18-6-2/h5H,1,3,6H2,2,4H3/b10-9-. The second kappa shape index (κ2) is 6.18. The SMILES string of the molecule is C=C/C(=C(/F)C(=C)C(C)=O)C(F)(F)C(=O)OCC. The Balaban J connectivity index is 5.63. The first-order valence-electron chi connectivity index (χ1n) is 4.98. The van der Waals surface area contributed by atoms with Crippen LogP contribution in [0.2, 0.25) is 0 Å². The molecule has 0 heterocycles. The van der Waals surface area contributed by atoms with Gasteiger partial charge in [-0.3, -0.25) is 4.79 Å². The van der Waals surface area contributed by atoms with Crippen molar-refractivity contribution in [2.45, 2.75) is 19.8 Å². The van der Waals surface area contributed by atoms with Crippen LogP contribution in [0.5, 0.6) is 0 Å². The van der Waals surface area contributed by atoms with Crippen molar-refractivity contribution in [3.8, 4) is 0 Å². The molecule has 0 aromatic carbocycles. The summed E-state index contributed by atoms with van der Waals surface area (Å²) in [6.45, 7) is 8.03. The third-order valence-electron chi connectivity index (χ3n) is 2.00. The Hall–Kier alpha value is -1.85. The van der Waals surface area contributed by atoms with Crippen LogP contribution in [0.15, 0.2) is 36.2 Å². The molecule has 0 rings (SSSR count). The molecule has 0 saturated carbocycles. The molecule has 100 valence electrons. The molecular weight excluding hydrogens is 249 g/mol. The normalized spacial score (nSPS) is 12.5. The van der Waals surface area contributed by atoms with Crippen molar-refractivity contribution in [3.63, 3.8) is 0 Å². The highest BCUT2D eigenvalue weighted by Gasteiger charge is 2.46. The van der Waals surface area contributed by atoms with E-state index in [4.69, 9.17) is 0 Å². The fourth-order valence-corrected chi connectivity index (χ4v) is 1.00. The Bertz CT molecular complexity index is 422. The van der Waals surface area contributed by atoms with Gasteiger partial charge in [0, 0.05) is 5.57 Å². The molecule has 3 nitrogen and oxygen atoms in total. The van der Waals surface area contributed by atoms with Gasteiger partial charge in [-0.05, 0) is 13.8 Å². The number of rotatable bonds is 6. The highest BCUT2D eigenvalue weighted by atomic mass is 19.3. The number of esters is 1. The maximum Gasteiger partial charge on any atom is 0.382 e. The number of allylic oxidation sites excluding steroid dienone is 3. The molecule has 0 amide bonds. The van der Waals surface area contributed by atoms with Gasteiger partial charge in [-0.25, -0.2) is 9.18 Å². The lowest BCUT2D eigenvalue weighted by Crippen LogP contribution is -2.33. The molecule has 0 bridgehead atoms. The number of hydrogen-bond acceptors (Lipinski definition) is 3. The predicted molar refractivity (Wildman–Crippen MR) is 59.7 cm³/mol. The van der Waals surface area contributed by atoms with Crippen molar-refractivity contribution in [2.75, 3.05) is 6.61 Å². The Morgan fingerprint density at radius 1 is 1.39 bits per heavy atom. The largest absolute Gasteiger partial charge is 0.461 e. The lowest BCUT2D eigenvalue weighted by molar-refractivity contribution is -0.165. The monoisotopic (exact) mass is 262 g/mol. The zero-order valence-electron chi connectivity index (χ0n) is 10.1. The van der Waals surface area contributed by atoms with Crippen LogP contribution in [0.25, 0.3) is 0 Å². The number of Topliss-reactive ketones (excluding diaryl/α,β-unsaturated/α-hetero) is 1. The maximum atomic E-state index is 13.6. The van der Waals surface area contributed by atoms with Crippen LogP contribution in [0, 0.1) is 0 Å². The third-order valence-corrected chi connectivity index (χ3v) is 2.00. The second-order valence-electron chi connectivity index (χ2n) is 3.26. The fourth-order valence-electron chi connectivity index (χ4n) is 1.00. The van der Waals surface area contributed by atoms with E-state index >= 15 is 0 Å². The lowest BCUT2D eigenvalue weighted by atomic mass is 10.0. The Morgan fingerprint density at radius 3 is 2.22 bits per heavy atom. The van der Waals surface area contributed by atoms with Crippen molar-refractivity contribution in [1.82, 2.24) is 0 Å². The molecule has 0 aliphatic heterocycles. The minimum Gasteiger partial charge on any atom is -0.461 e. The van der Waals surface area contributed by atoms with Crippen LogP contribution in [0.3, 0.4) is 0 Å². The third kappa shape index (κ3) is 3.32. The van der Waals surface area contributed by atoms with Crippen LogP contribution < -0.4 is 0 Å². The molecule has 0 aliphatic rings. The van der Waals surface area contributed by atoms with Gasteiger partial charge in [0.05, 0.1) is 12.2 Å². The van der Waals surface area contributed by atoms with E-state index in [0.717, 1.165) is 6.92 Å². The number of alkyl halides is 2. The highest BCUT2D eigenvalue weighted by Crippen LogP contribution is 2.32. The number of ketones is 1. The maximum absolute atomic E-state index is 13.6. The van der Waals surface area contributed by atoms with Crippen molar-refractivity contribution in [1.29, 1.82) is 0 Å². The molecule has 0 atom stereocenters. The van der Waals surface area contributed by atoms with Crippen LogP contribution in [0.4, 0.5) is 13.2 Å². The van der Waals surface area contributed by atoms with E-state index in [1.165, 1.54) is 6.92 Å². The van der Waals surface area contributed by atoms with Gasteiger partial charge in [0.25, 0.3) is 0 Å². The van der Waals surface area contributed by atoms with Crippen LogP contribution in [0.1, 0.15) is 13.8 Å². The van der Waals surface area contributed by atoms with E-state index in [1.807, 2.05) is 0 Å². The summed E-state index contributed by atoms with van der Waals surface area (Å²) in [5, 5.41) is 0. The van der Waals surface area contributed by atoms with Crippen molar-refractivity contribution < 1.29 is 27.5 Å². The Morgan fingerprint density at radius 2 is 1.89 bits per heavy atom. The van der Waals surface area contributed by atoms with Gasteiger partial charge < -0.3 is 4.74 Å². The van der Waals surface area contributed by atoms with Gasteiger partial charge in [0.1, 0.15) is 5.83 Å². The van der Waals surface area contributed by atoms with Crippen molar-refractivity contribution in [2.24, 2.45) is 0 Å². The molecule has 0 radical (unpaired) electrons. The first-order chi connectivity index (χ1) is 8.19. The molecule has 6 heteroatoms. The number of carbonyl (C=O) groups excluding carboxylic acids is 2. The predicted octanol–water partition coefficient (Wildman–Crippen LogP) is 2.74. The van der Waals surface area contributed by atoms with Gasteiger partial charge in [-0.15, -0.1) is 0 Å². The minimum absolute atomic E-state index is 0.284. The average Bonchev–Trinajstić information content (AvgIpc) is 2.28. The van der Waals surface area contributed by atoms with E-state index in [0.29, 0.717) is 6.08 Å². The molecule has 0 unspecified atom stereocenters. The Kier molecular flexibility index (Phi) is 5.55. The van der Waals surface area contributed by atoms with Crippen LogP contribution in [-0.4, -0.2) is 24.3 Å². The fraction of sp³-hybridized carbons (Fsp3) is 0.333. The summed E-state index contributed by atoms with van der Waals surface area (Å²) >= 11 is 0. The zero-order valence-corrected chi connectivity index (χ0v) is 10.1. The lowest BCUT2D eigenvalue weighted by Gasteiger charge is -2.16. The molecule has 18 heavy (non-hydrogen) atoms. The first kappa shape index (κ1) is 16.1. The van der Waals surface area contributed by atoms with Crippen molar-refractivity contribution >= 4 is 11.8 Å². The summed E-state index contributed by atoms with van der Waals surface area (Å²) in [5.74, 6) is -8.53. The molecule has 0 aliphatic carbocycles. The summed E-state index contributed by atoms with van der Waals surface area (Å²) in [4.78, 5) is 21.9. The summed E-state index contributed by atoms with van der Waals surface area (Å²) in [5.41, 5.74) is -2.09. The number of ether oxygens (including phenoxy) is 1. The first-order valence-corrected chi connectivity index (χ1v) is 4.98. The average molecular weight is 262 g/mol. The number of hydrogen-bond donors (Lipinski definition) is 0. The van der Waals surface area contributed by atoms with E-state index in [9.17, 15) is 22.8 Å². The summed E-state index contributed by atoms with van der Waals surface area (Å²) < 4.78 is 44.8. The van der Waals surface area contributed by atoms with E-state index in [1.54, 1.807) is 0 Å². The molecule has 0 saturated heterocycles. The molecule has 0 spiro atoms. The van der Waals surface area contributed by atoms with Crippen molar-refractivity contribution in [3.05, 3.63) is 36.2 Å². The van der Waals surface area contributed by atoms with Gasteiger partial charge in [0.15, 0.2) is 5.78 Å². The molecule has 0 aromatic heterocycles. The quantitative estimate of drug-likeness (QED) is 0.420. The number of halogens is 3. The van der Waals surface area contributed by atoms with E-state index in [-0.39, 0.29) is 6.61 Å². The molecular formula is C12H13F3O3. The van der Waals surface area contributed by atoms with E-state index < -0.39 is 34.6 Å². The smallest absolute Gasteiger partial charge is 0.382 e. The summed E-state index contributed by atoms with van der Waals surface area (Å²) in [6, 6.07) is 0. The summed E-state index contributed by atoms with van der Waals surface area (Å²) in [6.07, 6.45) is 0.459. The number of carbonyl (C=O) groups is 2. The molecule has 0 aromatic rings. The van der Waals surface area contributed by atoms with Gasteiger partial charge in [-0.2, -0.15) is 8.78 Å². The summed E-state index contributed by atoms with van der Waals surface area (Å²) in [7, 11) is 0. The zero-order chi connectivity index (χ0) is 14.5. The van der Waals surface area contributed by atoms with E-state index in [2.05, 4.69) is 17.9 Å².